The summed E-state index contributed by atoms with van der Waals surface area (Å²) in [5.74, 6) is 0.397. The number of fused-ring (bicyclic) bond motifs is 1. The molecule has 1 aromatic rings. The molecule has 0 aliphatic carbocycles. The molecule has 0 saturated carbocycles. The van der Waals surface area contributed by atoms with Crippen LogP contribution in [0.2, 0.25) is 5.02 Å². The molecule has 1 aromatic carbocycles. The zero-order valence-electron chi connectivity index (χ0n) is 13.3. The number of carbonyl (C=O) groups is 1. The fourth-order valence-corrected chi connectivity index (χ4v) is 5.86. The van der Waals surface area contributed by atoms with Crippen molar-refractivity contribution in [1.82, 2.24) is 4.90 Å². The molecule has 24 heavy (non-hydrogen) atoms. The van der Waals surface area contributed by atoms with Gasteiger partial charge in [0.15, 0.2) is 15.0 Å². The number of halogens is 1. The highest BCUT2D eigenvalue weighted by Gasteiger charge is 2.47. The van der Waals surface area contributed by atoms with E-state index in [1.807, 2.05) is 17.0 Å². The molecule has 6 nitrogen and oxygen atoms in total. The normalized spacial score (nSPS) is 24.6. The van der Waals surface area contributed by atoms with E-state index in [-0.39, 0.29) is 35.2 Å². The van der Waals surface area contributed by atoms with Crippen LogP contribution in [0.1, 0.15) is 0 Å². The molecule has 1 fully saturated rings. The molecule has 0 spiro atoms. The summed E-state index contributed by atoms with van der Waals surface area (Å²) in [5.41, 5.74) is 0.840. The quantitative estimate of drug-likeness (QED) is 0.786. The monoisotopic (exact) mass is 387 g/mol. The fourth-order valence-electron chi connectivity index (χ4n) is 2.79. The van der Waals surface area contributed by atoms with Gasteiger partial charge in [0.2, 0.25) is 5.91 Å². The molecular formula is C15H18ClN3O3S2. The molecule has 0 aromatic heterocycles. The van der Waals surface area contributed by atoms with Crippen LogP contribution >= 0.6 is 23.4 Å². The van der Waals surface area contributed by atoms with Crippen LogP contribution in [0.25, 0.3) is 0 Å². The topological polar surface area (TPSA) is 70.0 Å². The van der Waals surface area contributed by atoms with E-state index in [4.69, 9.17) is 11.6 Å². The van der Waals surface area contributed by atoms with Gasteiger partial charge >= 0.3 is 0 Å². The summed E-state index contributed by atoms with van der Waals surface area (Å²) in [6.45, 7) is 0. The summed E-state index contributed by atoms with van der Waals surface area (Å²) in [5, 5.41) is 1.31. The molecule has 130 valence electrons. The Kier molecular flexibility index (Phi) is 4.81. The average Bonchev–Trinajstić information content (AvgIpc) is 2.97. The Hall–Kier alpha value is -1.25. The summed E-state index contributed by atoms with van der Waals surface area (Å²) >= 11 is 7.29. The van der Waals surface area contributed by atoms with Crippen molar-refractivity contribution >= 4 is 50.0 Å². The molecule has 9 heteroatoms. The van der Waals surface area contributed by atoms with Crippen LogP contribution in [0.4, 0.5) is 5.69 Å². The van der Waals surface area contributed by atoms with Crippen molar-refractivity contribution in [3.63, 3.8) is 0 Å². The maximum absolute atomic E-state index is 12.0. The first kappa shape index (κ1) is 17.6. The van der Waals surface area contributed by atoms with Gasteiger partial charge in [-0.15, -0.1) is 0 Å². The zero-order chi connectivity index (χ0) is 17.5. The third kappa shape index (κ3) is 3.55. The Balaban J connectivity index is 1.87. The number of amides is 1. The molecule has 1 saturated heterocycles. The Morgan fingerprint density at radius 2 is 2.00 bits per heavy atom. The summed E-state index contributed by atoms with van der Waals surface area (Å²) in [7, 11) is 0.330. The fraction of sp³-hybridized carbons (Fsp3) is 0.467. The van der Waals surface area contributed by atoms with Gasteiger partial charge in [-0.05, 0) is 24.3 Å². The molecule has 2 atom stereocenters. The molecule has 0 bridgehead atoms. The van der Waals surface area contributed by atoms with Gasteiger partial charge in [0.25, 0.3) is 0 Å². The lowest BCUT2D eigenvalue weighted by Crippen LogP contribution is -2.39. The van der Waals surface area contributed by atoms with E-state index in [9.17, 15) is 13.2 Å². The van der Waals surface area contributed by atoms with Crippen LogP contribution in [0.5, 0.6) is 0 Å². The van der Waals surface area contributed by atoms with Crippen molar-refractivity contribution < 1.29 is 13.2 Å². The number of benzene rings is 1. The van der Waals surface area contributed by atoms with Crippen LogP contribution in [0.15, 0.2) is 29.3 Å². The van der Waals surface area contributed by atoms with Crippen LogP contribution < -0.4 is 4.90 Å². The summed E-state index contributed by atoms with van der Waals surface area (Å²) in [6, 6.07) is 6.73. The SMILES string of the molecule is CN(C)C(=O)CSC1=NC2CS(=O)(=O)CC2N1c1ccc(Cl)cc1. The van der Waals surface area contributed by atoms with Crippen molar-refractivity contribution in [2.24, 2.45) is 4.99 Å². The minimum atomic E-state index is -3.08. The van der Waals surface area contributed by atoms with Gasteiger partial charge in [0.05, 0.1) is 29.3 Å². The number of hydrogen-bond acceptors (Lipinski definition) is 6. The van der Waals surface area contributed by atoms with E-state index in [0.717, 1.165) is 5.69 Å². The second-order valence-electron chi connectivity index (χ2n) is 6.05. The number of aliphatic imine (C=N–C) groups is 1. The predicted octanol–water partition coefficient (Wildman–Crippen LogP) is 1.50. The number of amidine groups is 1. The highest BCUT2D eigenvalue weighted by molar-refractivity contribution is 8.14. The summed E-state index contributed by atoms with van der Waals surface area (Å²) in [4.78, 5) is 19.9. The van der Waals surface area contributed by atoms with Gasteiger partial charge in [0.1, 0.15) is 0 Å². The number of sulfone groups is 1. The van der Waals surface area contributed by atoms with Crippen molar-refractivity contribution in [2.45, 2.75) is 12.1 Å². The Morgan fingerprint density at radius 1 is 1.33 bits per heavy atom. The van der Waals surface area contributed by atoms with Crippen molar-refractivity contribution in [2.75, 3.05) is 36.3 Å². The van der Waals surface area contributed by atoms with Crippen LogP contribution in [0.3, 0.4) is 0 Å². The minimum absolute atomic E-state index is 0.0107. The molecule has 0 radical (unpaired) electrons. The van der Waals surface area contributed by atoms with E-state index in [1.165, 1.54) is 16.7 Å². The molecular weight excluding hydrogens is 370 g/mol. The second kappa shape index (κ2) is 6.57. The van der Waals surface area contributed by atoms with Crippen LogP contribution in [0, 0.1) is 0 Å². The second-order valence-corrected chi connectivity index (χ2v) is 9.58. The maximum Gasteiger partial charge on any atom is 0.232 e. The lowest BCUT2D eigenvalue weighted by atomic mass is 10.1. The number of hydrogen-bond donors (Lipinski definition) is 0. The molecule has 2 unspecified atom stereocenters. The number of nitrogens with zero attached hydrogens (tertiary/aromatic N) is 3. The van der Waals surface area contributed by atoms with Gasteiger partial charge in [0, 0.05) is 24.8 Å². The van der Waals surface area contributed by atoms with Crippen molar-refractivity contribution in [3.8, 4) is 0 Å². The molecule has 0 N–H and O–H groups in total. The lowest BCUT2D eigenvalue weighted by Gasteiger charge is -2.26. The maximum atomic E-state index is 12.0. The standard InChI is InChI=1S/C15H18ClN3O3S2/c1-18(2)14(20)7-23-15-17-12-8-24(21,22)9-13(12)19(15)11-5-3-10(16)4-6-11/h3-6,12-13H,7-9H2,1-2H3. The lowest BCUT2D eigenvalue weighted by molar-refractivity contribution is -0.125. The largest absolute Gasteiger partial charge is 0.348 e. The van der Waals surface area contributed by atoms with E-state index in [1.54, 1.807) is 26.2 Å². The predicted molar refractivity (Wildman–Crippen MR) is 98.7 cm³/mol. The van der Waals surface area contributed by atoms with Crippen molar-refractivity contribution in [1.29, 1.82) is 0 Å². The highest BCUT2D eigenvalue weighted by Crippen LogP contribution is 2.35. The number of anilines is 1. The molecule has 1 amide bonds. The van der Waals surface area contributed by atoms with Crippen LogP contribution in [-0.2, 0) is 14.6 Å². The Morgan fingerprint density at radius 3 is 2.62 bits per heavy atom. The van der Waals surface area contributed by atoms with Gasteiger partial charge in [-0.2, -0.15) is 0 Å². The molecule has 2 aliphatic rings. The summed E-state index contributed by atoms with van der Waals surface area (Å²) < 4.78 is 23.9. The Bertz CT molecular complexity index is 778. The number of thioether (sulfide) groups is 1. The smallest absolute Gasteiger partial charge is 0.232 e. The first-order valence-electron chi connectivity index (χ1n) is 7.43. The van der Waals surface area contributed by atoms with Crippen LogP contribution in [-0.4, -0.2) is 67.8 Å². The average molecular weight is 388 g/mol. The molecule has 2 heterocycles. The molecule has 2 aliphatic heterocycles. The highest BCUT2D eigenvalue weighted by atomic mass is 35.5. The van der Waals surface area contributed by atoms with Gasteiger partial charge in [-0.1, -0.05) is 23.4 Å². The van der Waals surface area contributed by atoms with E-state index < -0.39 is 9.84 Å². The van der Waals surface area contributed by atoms with Gasteiger partial charge < -0.3 is 9.80 Å². The van der Waals surface area contributed by atoms with Gasteiger partial charge in [-0.3, -0.25) is 9.79 Å². The first-order chi connectivity index (χ1) is 11.3. The first-order valence-corrected chi connectivity index (χ1v) is 10.6. The molecule has 3 rings (SSSR count). The van der Waals surface area contributed by atoms with E-state index in [2.05, 4.69) is 4.99 Å². The van der Waals surface area contributed by atoms with E-state index in [0.29, 0.717) is 10.2 Å². The van der Waals surface area contributed by atoms with Gasteiger partial charge in [-0.25, -0.2) is 8.42 Å². The number of rotatable bonds is 3. The third-order valence-corrected chi connectivity index (χ3v) is 6.94. The third-order valence-electron chi connectivity index (χ3n) is 4.04. The zero-order valence-corrected chi connectivity index (χ0v) is 15.7. The minimum Gasteiger partial charge on any atom is -0.348 e. The van der Waals surface area contributed by atoms with Crippen molar-refractivity contribution in [3.05, 3.63) is 29.3 Å². The van der Waals surface area contributed by atoms with E-state index >= 15 is 0 Å². The number of carbonyl (C=O) groups excluding carboxylic acids is 1. The Labute approximate surface area is 150 Å². The summed E-state index contributed by atoms with van der Waals surface area (Å²) in [6.07, 6.45) is 0.